The highest BCUT2D eigenvalue weighted by molar-refractivity contribution is 5.93. The Bertz CT molecular complexity index is 450. The van der Waals surface area contributed by atoms with Crippen molar-refractivity contribution in [3.8, 4) is 0 Å². The van der Waals surface area contributed by atoms with Crippen LogP contribution in [0.5, 0.6) is 0 Å². The minimum atomic E-state index is -0.153. The lowest BCUT2D eigenvalue weighted by Crippen LogP contribution is -2.54. The van der Waals surface area contributed by atoms with Gasteiger partial charge in [-0.05, 0) is 0 Å². The van der Waals surface area contributed by atoms with Gasteiger partial charge in [0.2, 0.25) is 0 Å². The number of nitrogens with one attached hydrogen (secondary N) is 1. The lowest BCUT2D eigenvalue weighted by molar-refractivity contribution is 0.0108. The maximum Gasteiger partial charge on any atom is 0.254 e. The SMILES string of the molecule is O=C(N[C@H]1COC[C@@H]1N1CCOCC1)c1cncnc1. The number of ether oxygens (including phenoxy) is 2. The molecule has 2 fully saturated rings. The molecule has 7 nitrogen and oxygen atoms in total. The summed E-state index contributed by atoms with van der Waals surface area (Å²) in [6, 6.07) is 0.216. The molecule has 2 aliphatic rings. The van der Waals surface area contributed by atoms with Crippen LogP contribution in [0, 0.1) is 0 Å². The topological polar surface area (TPSA) is 76.6 Å². The van der Waals surface area contributed by atoms with Crippen LogP contribution in [0.15, 0.2) is 18.7 Å². The van der Waals surface area contributed by atoms with E-state index in [2.05, 4.69) is 20.2 Å². The fourth-order valence-electron chi connectivity index (χ4n) is 2.62. The standard InChI is InChI=1S/C13H18N4O3/c18-13(10-5-14-9-15-6-10)16-11-7-20-8-12(11)17-1-3-19-4-2-17/h5-6,9,11-12H,1-4,7-8H2,(H,16,18)/t11-,12-/m0/s1. The first-order chi connectivity index (χ1) is 9.84. The highest BCUT2D eigenvalue weighted by Crippen LogP contribution is 2.15. The predicted molar refractivity (Wildman–Crippen MR) is 70.3 cm³/mol. The molecule has 0 aliphatic carbocycles. The van der Waals surface area contributed by atoms with Gasteiger partial charge in [-0.1, -0.05) is 0 Å². The van der Waals surface area contributed by atoms with Gasteiger partial charge >= 0.3 is 0 Å². The van der Waals surface area contributed by atoms with Gasteiger partial charge in [0.05, 0.1) is 44.1 Å². The number of hydrogen-bond donors (Lipinski definition) is 1. The molecule has 108 valence electrons. The molecule has 2 aliphatic heterocycles. The van der Waals surface area contributed by atoms with E-state index in [9.17, 15) is 4.79 Å². The molecule has 1 N–H and O–H groups in total. The van der Waals surface area contributed by atoms with Gasteiger partial charge in [0, 0.05) is 25.5 Å². The fraction of sp³-hybridized carbons (Fsp3) is 0.615. The summed E-state index contributed by atoms with van der Waals surface area (Å²) in [5.74, 6) is -0.153. The van der Waals surface area contributed by atoms with Gasteiger partial charge in [-0.15, -0.1) is 0 Å². The average Bonchev–Trinajstić information content (AvgIpc) is 2.97. The van der Waals surface area contributed by atoms with Gasteiger partial charge in [0.25, 0.3) is 5.91 Å². The summed E-state index contributed by atoms with van der Waals surface area (Å²) in [4.78, 5) is 22.2. The summed E-state index contributed by atoms with van der Waals surface area (Å²) >= 11 is 0. The third kappa shape index (κ3) is 2.95. The van der Waals surface area contributed by atoms with Gasteiger partial charge < -0.3 is 14.8 Å². The van der Waals surface area contributed by atoms with E-state index in [0.717, 1.165) is 26.3 Å². The fourth-order valence-corrected chi connectivity index (χ4v) is 2.62. The minimum Gasteiger partial charge on any atom is -0.379 e. The van der Waals surface area contributed by atoms with Crippen molar-refractivity contribution in [1.82, 2.24) is 20.2 Å². The average molecular weight is 278 g/mol. The largest absolute Gasteiger partial charge is 0.379 e. The highest BCUT2D eigenvalue weighted by Gasteiger charge is 2.34. The molecule has 1 amide bonds. The van der Waals surface area contributed by atoms with Crippen LogP contribution in [0.2, 0.25) is 0 Å². The number of rotatable bonds is 3. The quantitative estimate of drug-likeness (QED) is 0.788. The van der Waals surface area contributed by atoms with Crippen LogP contribution in [0.4, 0.5) is 0 Å². The van der Waals surface area contributed by atoms with Crippen molar-refractivity contribution in [2.24, 2.45) is 0 Å². The molecule has 2 saturated heterocycles. The maximum absolute atomic E-state index is 12.1. The molecule has 1 aromatic rings. The molecule has 20 heavy (non-hydrogen) atoms. The Morgan fingerprint density at radius 1 is 1.20 bits per heavy atom. The van der Waals surface area contributed by atoms with Crippen molar-refractivity contribution < 1.29 is 14.3 Å². The molecule has 0 saturated carbocycles. The lowest BCUT2D eigenvalue weighted by atomic mass is 10.1. The van der Waals surface area contributed by atoms with Gasteiger partial charge in [-0.25, -0.2) is 9.97 Å². The summed E-state index contributed by atoms with van der Waals surface area (Å²) in [7, 11) is 0. The highest BCUT2D eigenvalue weighted by atomic mass is 16.5. The van der Waals surface area contributed by atoms with E-state index in [1.807, 2.05) is 0 Å². The summed E-state index contributed by atoms with van der Waals surface area (Å²) < 4.78 is 10.9. The van der Waals surface area contributed by atoms with Crippen LogP contribution < -0.4 is 5.32 Å². The van der Waals surface area contributed by atoms with Gasteiger partial charge in [-0.2, -0.15) is 0 Å². The van der Waals surface area contributed by atoms with Crippen LogP contribution in [0.25, 0.3) is 0 Å². The zero-order valence-corrected chi connectivity index (χ0v) is 11.2. The zero-order valence-electron chi connectivity index (χ0n) is 11.2. The first-order valence-electron chi connectivity index (χ1n) is 6.80. The number of carbonyl (C=O) groups is 1. The van der Waals surface area contributed by atoms with Crippen molar-refractivity contribution in [3.05, 3.63) is 24.3 Å². The normalized spacial score (nSPS) is 27.4. The number of amides is 1. The molecule has 3 rings (SSSR count). The zero-order chi connectivity index (χ0) is 13.8. The summed E-state index contributed by atoms with van der Waals surface area (Å²) in [5.41, 5.74) is 0.472. The molecule has 0 radical (unpaired) electrons. The second-order valence-corrected chi connectivity index (χ2v) is 4.96. The Balaban J connectivity index is 1.62. The van der Waals surface area contributed by atoms with Gasteiger partial charge in [-0.3, -0.25) is 9.69 Å². The molecular formula is C13H18N4O3. The minimum absolute atomic E-state index is 0.000746. The molecule has 7 heteroatoms. The van der Waals surface area contributed by atoms with Crippen LogP contribution in [-0.2, 0) is 9.47 Å². The summed E-state index contributed by atoms with van der Waals surface area (Å²) in [6.45, 7) is 4.44. The maximum atomic E-state index is 12.1. The number of carbonyl (C=O) groups excluding carboxylic acids is 1. The Morgan fingerprint density at radius 2 is 1.95 bits per heavy atom. The van der Waals surface area contributed by atoms with E-state index in [1.54, 1.807) is 0 Å². The van der Waals surface area contributed by atoms with Crippen molar-refractivity contribution in [1.29, 1.82) is 0 Å². The van der Waals surface area contributed by atoms with E-state index in [-0.39, 0.29) is 18.0 Å². The van der Waals surface area contributed by atoms with E-state index in [0.29, 0.717) is 18.8 Å². The Morgan fingerprint density at radius 3 is 2.70 bits per heavy atom. The first kappa shape index (κ1) is 13.4. The Labute approximate surface area is 117 Å². The number of hydrogen-bond acceptors (Lipinski definition) is 6. The van der Waals surface area contributed by atoms with Crippen molar-refractivity contribution in [2.45, 2.75) is 12.1 Å². The molecule has 2 atom stereocenters. The third-order valence-corrected chi connectivity index (χ3v) is 3.70. The lowest BCUT2D eigenvalue weighted by Gasteiger charge is -2.34. The van der Waals surface area contributed by atoms with Crippen molar-refractivity contribution in [2.75, 3.05) is 39.5 Å². The molecule has 3 heterocycles. The Hall–Kier alpha value is -1.57. The second-order valence-electron chi connectivity index (χ2n) is 4.96. The molecule has 0 spiro atoms. The Kier molecular flexibility index (Phi) is 4.19. The van der Waals surface area contributed by atoms with Gasteiger partial charge in [0.1, 0.15) is 6.33 Å². The van der Waals surface area contributed by atoms with E-state index < -0.39 is 0 Å². The van der Waals surface area contributed by atoms with Crippen LogP contribution in [0.1, 0.15) is 10.4 Å². The van der Waals surface area contributed by atoms with E-state index in [4.69, 9.17) is 9.47 Å². The van der Waals surface area contributed by atoms with Crippen LogP contribution in [-0.4, -0.2) is 72.4 Å². The smallest absolute Gasteiger partial charge is 0.254 e. The van der Waals surface area contributed by atoms with Crippen molar-refractivity contribution >= 4 is 5.91 Å². The third-order valence-electron chi connectivity index (χ3n) is 3.70. The monoisotopic (exact) mass is 278 g/mol. The van der Waals surface area contributed by atoms with E-state index >= 15 is 0 Å². The van der Waals surface area contributed by atoms with Crippen LogP contribution >= 0.6 is 0 Å². The molecule has 1 aromatic heterocycles. The van der Waals surface area contributed by atoms with Crippen LogP contribution in [0.3, 0.4) is 0 Å². The van der Waals surface area contributed by atoms with E-state index in [1.165, 1.54) is 18.7 Å². The summed E-state index contributed by atoms with van der Waals surface area (Å²) in [6.07, 6.45) is 4.44. The molecule has 0 aromatic carbocycles. The molecule has 0 unspecified atom stereocenters. The number of nitrogens with zero attached hydrogens (tertiary/aromatic N) is 3. The first-order valence-corrected chi connectivity index (χ1v) is 6.80. The molecule has 0 bridgehead atoms. The number of morpholine rings is 1. The molecular weight excluding hydrogens is 260 g/mol. The van der Waals surface area contributed by atoms with Gasteiger partial charge in [0.15, 0.2) is 0 Å². The number of aromatic nitrogens is 2. The van der Waals surface area contributed by atoms with Crippen molar-refractivity contribution in [3.63, 3.8) is 0 Å². The summed E-state index contributed by atoms with van der Waals surface area (Å²) in [5, 5.41) is 3.02. The second kappa shape index (κ2) is 6.25. The predicted octanol–water partition coefficient (Wildman–Crippen LogP) is -0.694.